The molecule has 108 valence electrons. The summed E-state index contributed by atoms with van der Waals surface area (Å²) in [6.07, 6.45) is 5.84. The number of hydrogen-bond acceptors (Lipinski definition) is 3. The number of ether oxygens (including phenoxy) is 1. The van der Waals surface area contributed by atoms with E-state index in [1.807, 2.05) is 31.0 Å². The van der Waals surface area contributed by atoms with Crippen LogP contribution in [0.2, 0.25) is 0 Å². The molecule has 19 heavy (non-hydrogen) atoms. The van der Waals surface area contributed by atoms with Crippen molar-refractivity contribution in [2.24, 2.45) is 12.0 Å². The summed E-state index contributed by atoms with van der Waals surface area (Å²) < 4.78 is 7.10. The predicted octanol–water partition coefficient (Wildman–Crippen LogP) is 0.554. The molecule has 0 bridgehead atoms. The zero-order valence-electron chi connectivity index (χ0n) is 12.1. The van der Waals surface area contributed by atoms with Crippen molar-refractivity contribution < 1.29 is 4.74 Å². The monoisotopic (exact) mass is 267 g/mol. The van der Waals surface area contributed by atoms with Crippen LogP contribution in [0.5, 0.6) is 0 Å². The van der Waals surface area contributed by atoms with Crippen molar-refractivity contribution in [1.29, 1.82) is 0 Å². The molecule has 0 amide bonds. The Morgan fingerprint density at radius 1 is 1.42 bits per heavy atom. The molecule has 2 N–H and O–H groups in total. The highest BCUT2D eigenvalue weighted by molar-refractivity contribution is 5.79. The molecule has 6 heteroatoms. The van der Waals surface area contributed by atoms with E-state index in [0.717, 1.165) is 45.1 Å². The van der Waals surface area contributed by atoms with Crippen LogP contribution < -0.4 is 10.6 Å². The van der Waals surface area contributed by atoms with Gasteiger partial charge in [0.05, 0.1) is 6.20 Å². The quantitative estimate of drug-likeness (QED) is 0.410. The third-order valence-corrected chi connectivity index (χ3v) is 2.65. The molecular formula is C13H25N5O. The van der Waals surface area contributed by atoms with Crippen LogP contribution in [0, 0.1) is 0 Å². The average molecular weight is 267 g/mol. The van der Waals surface area contributed by atoms with Crippen molar-refractivity contribution in [2.45, 2.75) is 19.8 Å². The maximum absolute atomic E-state index is 5.28. The van der Waals surface area contributed by atoms with E-state index < -0.39 is 0 Å². The van der Waals surface area contributed by atoms with E-state index in [1.165, 1.54) is 5.56 Å². The van der Waals surface area contributed by atoms with Crippen LogP contribution in [-0.2, 0) is 18.2 Å². The zero-order chi connectivity index (χ0) is 13.9. The van der Waals surface area contributed by atoms with Gasteiger partial charge < -0.3 is 15.4 Å². The highest BCUT2D eigenvalue weighted by Crippen LogP contribution is 1.95. The van der Waals surface area contributed by atoms with Gasteiger partial charge in [0.2, 0.25) is 0 Å². The van der Waals surface area contributed by atoms with Crippen LogP contribution >= 0.6 is 0 Å². The molecule has 1 aromatic rings. The van der Waals surface area contributed by atoms with Crippen molar-refractivity contribution in [3.63, 3.8) is 0 Å². The Balaban J connectivity index is 2.11. The summed E-state index contributed by atoms with van der Waals surface area (Å²) in [6, 6.07) is 0. The molecule has 0 aliphatic heterocycles. The molecule has 0 atom stereocenters. The summed E-state index contributed by atoms with van der Waals surface area (Å²) >= 11 is 0. The first kappa shape index (κ1) is 15.5. The van der Waals surface area contributed by atoms with Crippen LogP contribution in [0.4, 0.5) is 0 Å². The van der Waals surface area contributed by atoms with Crippen LogP contribution in [-0.4, -0.2) is 49.1 Å². The van der Waals surface area contributed by atoms with Gasteiger partial charge in [-0.05, 0) is 25.3 Å². The minimum absolute atomic E-state index is 0.776. The van der Waals surface area contributed by atoms with E-state index in [-0.39, 0.29) is 0 Å². The number of aliphatic imine (C=N–C) groups is 1. The fourth-order valence-corrected chi connectivity index (χ4v) is 1.67. The summed E-state index contributed by atoms with van der Waals surface area (Å²) in [7, 11) is 3.71. The van der Waals surface area contributed by atoms with E-state index in [2.05, 4.69) is 20.7 Å². The standard InChI is InChI=1S/C13H25N5O/c1-4-19-9-5-7-15-13(14-2)16-8-6-12-10-17-18(3)11-12/h10-11H,4-9H2,1-3H3,(H2,14,15,16). The predicted molar refractivity (Wildman–Crippen MR) is 77.4 cm³/mol. The van der Waals surface area contributed by atoms with Gasteiger partial charge in [0, 0.05) is 46.6 Å². The molecule has 0 spiro atoms. The van der Waals surface area contributed by atoms with Crippen molar-refractivity contribution in [2.75, 3.05) is 33.4 Å². The molecule has 1 heterocycles. The van der Waals surface area contributed by atoms with Crippen molar-refractivity contribution >= 4 is 5.96 Å². The Hall–Kier alpha value is -1.56. The van der Waals surface area contributed by atoms with Crippen LogP contribution in [0.1, 0.15) is 18.9 Å². The molecule has 0 aliphatic carbocycles. The average Bonchev–Trinajstić information content (AvgIpc) is 2.82. The highest BCUT2D eigenvalue weighted by atomic mass is 16.5. The summed E-state index contributed by atoms with van der Waals surface area (Å²) in [4.78, 5) is 4.18. The first-order chi connectivity index (χ1) is 9.26. The number of aryl methyl sites for hydroxylation is 1. The van der Waals surface area contributed by atoms with Gasteiger partial charge in [-0.3, -0.25) is 9.67 Å². The van der Waals surface area contributed by atoms with Crippen LogP contribution in [0.15, 0.2) is 17.4 Å². The molecule has 0 aromatic carbocycles. The molecule has 0 unspecified atom stereocenters. The Labute approximate surface area is 115 Å². The minimum atomic E-state index is 0.776. The molecule has 1 rings (SSSR count). The van der Waals surface area contributed by atoms with Crippen molar-refractivity contribution in [3.8, 4) is 0 Å². The highest BCUT2D eigenvalue weighted by Gasteiger charge is 1.99. The largest absolute Gasteiger partial charge is 0.382 e. The smallest absolute Gasteiger partial charge is 0.190 e. The van der Waals surface area contributed by atoms with Crippen LogP contribution in [0.3, 0.4) is 0 Å². The van der Waals surface area contributed by atoms with Gasteiger partial charge in [-0.25, -0.2) is 0 Å². The number of aromatic nitrogens is 2. The van der Waals surface area contributed by atoms with Gasteiger partial charge in [-0.15, -0.1) is 0 Å². The lowest BCUT2D eigenvalue weighted by molar-refractivity contribution is 0.145. The van der Waals surface area contributed by atoms with Gasteiger partial charge in [0.15, 0.2) is 5.96 Å². The van der Waals surface area contributed by atoms with E-state index in [1.54, 1.807) is 7.05 Å². The SMILES string of the molecule is CCOCCCNC(=NC)NCCc1cnn(C)c1. The third kappa shape index (κ3) is 6.81. The first-order valence-electron chi connectivity index (χ1n) is 6.76. The van der Waals surface area contributed by atoms with E-state index in [0.29, 0.717) is 0 Å². The molecule has 1 aromatic heterocycles. The van der Waals surface area contributed by atoms with Crippen molar-refractivity contribution in [1.82, 2.24) is 20.4 Å². The van der Waals surface area contributed by atoms with Gasteiger partial charge in [-0.2, -0.15) is 5.10 Å². The molecular weight excluding hydrogens is 242 g/mol. The van der Waals surface area contributed by atoms with Crippen LogP contribution in [0.25, 0.3) is 0 Å². The summed E-state index contributed by atoms with van der Waals surface area (Å²) in [6.45, 7) is 5.28. The summed E-state index contributed by atoms with van der Waals surface area (Å²) in [5.74, 6) is 0.834. The number of nitrogens with one attached hydrogen (secondary N) is 2. The number of rotatable bonds is 8. The summed E-state index contributed by atoms with van der Waals surface area (Å²) in [5, 5.41) is 10.7. The third-order valence-electron chi connectivity index (χ3n) is 2.65. The first-order valence-corrected chi connectivity index (χ1v) is 6.76. The normalized spacial score (nSPS) is 11.6. The molecule has 0 aliphatic rings. The van der Waals surface area contributed by atoms with E-state index in [4.69, 9.17) is 4.74 Å². The molecule has 0 fully saturated rings. The van der Waals surface area contributed by atoms with Gasteiger partial charge in [0.1, 0.15) is 0 Å². The lowest BCUT2D eigenvalue weighted by Gasteiger charge is -2.11. The van der Waals surface area contributed by atoms with E-state index >= 15 is 0 Å². The lowest BCUT2D eigenvalue weighted by Crippen LogP contribution is -2.39. The maximum Gasteiger partial charge on any atom is 0.190 e. The topological polar surface area (TPSA) is 63.5 Å². The molecule has 0 radical (unpaired) electrons. The Morgan fingerprint density at radius 2 is 2.21 bits per heavy atom. The van der Waals surface area contributed by atoms with Gasteiger partial charge >= 0.3 is 0 Å². The zero-order valence-corrected chi connectivity index (χ0v) is 12.1. The molecule has 0 saturated carbocycles. The van der Waals surface area contributed by atoms with Gasteiger partial charge in [-0.1, -0.05) is 0 Å². The van der Waals surface area contributed by atoms with Crippen molar-refractivity contribution in [3.05, 3.63) is 18.0 Å². The second-order valence-electron chi connectivity index (χ2n) is 4.25. The summed E-state index contributed by atoms with van der Waals surface area (Å²) in [5.41, 5.74) is 1.22. The molecule has 6 nitrogen and oxygen atoms in total. The van der Waals surface area contributed by atoms with Gasteiger partial charge in [0.25, 0.3) is 0 Å². The Morgan fingerprint density at radius 3 is 2.84 bits per heavy atom. The molecule has 0 saturated heterocycles. The fourth-order valence-electron chi connectivity index (χ4n) is 1.67. The second-order valence-corrected chi connectivity index (χ2v) is 4.25. The maximum atomic E-state index is 5.28. The fraction of sp³-hybridized carbons (Fsp3) is 0.692. The number of guanidine groups is 1. The number of hydrogen-bond donors (Lipinski definition) is 2. The second kappa shape index (κ2) is 9.38. The van der Waals surface area contributed by atoms with E-state index in [9.17, 15) is 0 Å². The lowest BCUT2D eigenvalue weighted by atomic mass is 10.2. The Bertz CT molecular complexity index is 375. The number of nitrogens with zero attached hydrogens (tertiary/aromatic N) is 3. The minimum Gasteiger partial charge on any atom is -0.382 e. The Kier molecular flexibility index (Phi) is 7.65.